The summed E-state index contributed by atoms with van der Waals surface area (Å²) in [4.78, 5) is 9.97. The van der Waals surface area contributed by atoms with Crippen molar-refractivity contribution in [3.8, 4) is 23.7 Å². The predicted molar refractivity (Wildman–Crippen MR) is 51.8 cm³/mol. The number of aliphatic carboxylic acids is 1. The van der Waals surface area contributed by atoms with Crippen molar-refractivity contribution in [3.63, 3.8) is 0 Å². The lowest BCUT2D eigenvalue weighted by Crippen LogP contribution is -1.84. The van der Waals surface area contributed by atoms with Gasteiger partial charge < -0.3 is 5.11 Å². The van der Waals surface area contributed by atoms with E-state index >= 15 is 0 Å². The van der Waals surface area contributed by atoms with Crippen LogP contribution in [0.4, 0.5) is 0 Å². The van der Waals surface area contributed by atoms with Crippen LogP contribution in [0.15, 0.2) is 24.3 Å². The zero-order chi connectivity index (χ0) is 9.94. The Hall–Kier alpha value is -1.93. The molecule has 0 radical (unpaired) electrons. The van der Waals surface area contributed by atoms with Crippen LogP contribution in [0.3, 0.4) is 0 Å². The first kappa shape index (κ1) is 11.1. The van der Waals surface area contributed by atoms with Gasteiger partial charge in [0.15, 0.2) is 0 Å². The SMILES string of the molecule is CC/C=C\C#CC#C/C=C/C(=O)O. The van der Waals surface area contributed by atoms with Crippen molar-refractivity contribution >= 4 is 5.97 Å². The molecule has 0 heterocycles. The summed E-state index contributed by atoms with van der Waals surface area (Å²) in [5, 5.41) is 8.18. The van der Waals surface area contributed by atoms with Crippen LogP contribution in [0.1, 0.15) is 13.3 Å². The van der Waals surface area contributed by atoms with Crippen LogP contribution < -0.4 is 0 Å². The van der Waals surface area contributed by atoms with E-state index in [0.29, 0.717) is 0 Å². The Morgan fingerprint density at radius 3 is 2.46 bits per heavy atom. The first-order chi connectivity index (χ1) is 6.27. The van der Waals surface area contributed by atoms with Gasteiger partial charge in [-0.2, -0.15) is 0 Å². The molecule has 0 aliphatic heterocycles. The van der Waals surface area contributed by atoms with Gasteiger partial charge >= 0.3 is 5.97 Å². The molecule has 0 bridgehead atoms. The number of allylic oxidation sites excluding steroid dienone is 3. The maximum absolute atomic E-state index is 9.97. The summed E-state index contributed by atoms with van der Waals surface area (Å²) in [6.07, 6.45) is 6.80. The second-order valence-electron chi connectivity index (χ2n) is 2.02. The Morgan fingerprint density at radius 1 is 1.31 bits per heavy atom. The summed E-state index contributed by atoms with van der Waals surface area (Å²) >= 11 is 0. The molecule has 0 aliphatic rings. The highest BCUT2D eigenvalue weighted by atomic mass is 16.4. The van der Waals surface area contributed by atoms with Crippen LogP contribution in [0.5, 0.6) is 0 Å². The summed E-state index contributed by atoms with van der Waals surface area (Å²) < 4.78 is 0. The minimum Gasteiger partial charge on any atom is -0.478 e. The van der Waals surface area contributed by atoms with E-state index in [2.05, 4.69) is 23.7 Å². The summed E-state index contributed by atoms with van der Waals surface area (Å²) in [5.74, 6) is 9.20. The third-order valence-corrected chi connectivity index (χ3v) is 0.953. The van der Waals surface area contributed by atoms with Crippen LogP contribution in [0.25, 0.3) is 0 Å². The zero-order valence-electron chi connectivity index (χ0n) is 7.37. The van der Waals surface area contributed by atoms with Crippen molar-refractivity contribution in [2.45, 2.75) is 13.3 Å². The average Bonchev–Trinajstić information content (AvgIpc) is 2.09. The molecule has 1 N–H and O–H groups in total. The van der Waals surface area contributed by atoms with Gasteiger partial charge in [0.25, 0.3) is 0 Å². The molecule has 0 atom stereocenters. The lowest BCUT2D eigenvalue weighted by molar-refractivity contribution is -0.131. The van der Waals surface area contributed by atoms with Gasteiger partial charge in [0.05, 0.1) is 0 Å². The molecule has 0 amide bonds. The molecule has 0 fully saturated rings. The lowest BCUT2D eigenvalue weighted by Gasteiger charge is -1.70. The Labute approximate surface area is 78.0 Å². The summed E-state index contributed by atoms with van der Waals surface area (Å²) in [7, 11) is 0. The number of carboxylic acids is 1. The summed E-state index contributed by atoms with van der Waals surface area (Å²) in [5.41, 5.74) is 0. The fourth-order valence-electron chi connectivity index (χ4n) is 0.445. The molecule has 0 rings (SSSR count). The van der Waals surface area contributed by atoms with Crippen LogP contribution in [0.2, 0.25) is 0 Å². The van der Waals surface area contributed by atoms with Crippen molar-refractivity contribution in [1.29, 1.82) is 0 Å². The number of hydrogen-bond acceptors (Lipinski definition) is 1. The fraction of sp³-hybridized carbons (Fsp3) is 0.182. The Bertz CT molecular complexity index is 327. The minimum absolute atomic E-state index is 0.945. The van der Waals surface area contributed by atoms with E-state index in [-0.39, 0.29) is 0 Å². The molecule has 2 nitrogen and oxygen atoms in total. The largest absolute Gasteiger partial charge is 0.478 e. The minimum atomic E-state index is -1.01. The molecule has 0 aromatic carbocycles. The van der Waals surface area contributed by atoms with Gasteiger partial charge in [-0.15, -0.1) is 0 Å². The van der Waals surface area contributed by atoms with E-state index < -0.39 is 5.97 Å². The van der Waals surface area contributed by atoms with Crippen LogP contribution in [-0.4, -0.2) is 11.1 Å². The highest BCUT2D eigenvalue weighted by molar-refractivity contribution is 5.80. The van der Waals surface area contributed by atoms with E-state index in [4.69, 9.17) is 5.11 Å². The van der Waals surface area contributed by atoms with E-state index in [0.717, 1.165) is 12.5 Å². The van der Waals surface area contributed by atoms with Crippen molar-refractivity contribution in [3.05, 3.63) is 24.3 Å². The van der Waals surface area contributed by atoms with Crippen molar-refractivity contribution in [2.24, 2.45) is 0 Å². The third-order valence-electron chi connectivity index (χ3n) is 0.953. The molecular formula is C11H10O2. The maximum atomic E-state index is 9.97. The zero-order valence-corrected chi connectivity index (χ0v) is 7.37. The van der Waals surface area contributed by atoms with Crippen LogP contribution in [-0.2, 0) is 4.79 Å². The molecular weight excluding hydrogens is 164 g/mol. The number of carboxylic acid groups (broad SMARTS) is 1. The third kappa shape index (κ3) is 10.1. The Balaban J connectivity index is 3.90. The molecule has 2 heteroatoms. The molecule has 0 unspecified atom stereocenters. The van der Waals surface area contributed by atoms with Gasteiger partial charge in [-0.1, -0.05) is 24.8 Å². The first-order valence-corrected chi connectivity index (χ1v) is 3.83. The van der Waals surface area contributed by atoms with Gasteiger partial charge in [-0.25, -0.2) is 4.79 Å². The highest BCUT2D eigenvalue weighted by Gasteiger charge is 1.78. The van der Waals surface area contributed by atoms with Gasteiger partial charge in [-0.3, -0.25) is 0 Å². The monoisotopic (exact) mass is 174 g/mol. The average molecular weight is 174 g/mol. The molecule has 0 aromatic heterocycles. The lowest BCUT2D eigenvalue weighted by atomic mass is 10.4. The van der Waals surface area contributed by atoms with Crippen LogP contribution >= 0.6 is 0 Å². The molecule has 0 aromatic rings. The van der Waals surface area contributed by atoms with Gasteiger partial charge in [0, 0.05) is 6.08 Å². The maximum Gasteiger partial charge on any atom is 0.328 e. The topological polar surface area (TPSA) is 37.3 Å². The highest BCUT2D eigenvalue weighted by Crippen LogP contribution is 1.75. The van der Waals surface area contributed by atoms with Gasteiger partial charge in [-0.05, 0) is 30.4 Å². The molecule has 0 spiro atoms. The summed E-state index contributed by atoms with van der Waals surface area (Å²) in [6, 6.07) is 0. The second kappa shape index (κ2) is 8.17. The number of rotatable bonds is 2. The molecule has 13 heavy (non-hydrogen) atoms. The standard InChI is InChI=1S/C11H10O2/c1-2-3-4-5-6-7-8-9-10-11(12)13/h3-4,9-10H,2H2,1H3,(H,12,13)/b4-3-,10-9+. The predicted octanol–water partition coefficient (Wildman–Crippen LogP) is 1.60. The van der Waals surface area contributed by atoms with Gasteiger partial charge in [0.1, 0.15) is 0 Å². The normalized spacial score (nSPS) is 9.00. The molecule has 0 aliphatic carbocycles. The van der Waals surface area contributed by atoms with E-state index in [9.17, 15) is 4.79 Å². The Morgan fingerprint density at radius 2 is 1.92 bits per heavy atom. The quantitative estimate of drug-likeness (QED) is 0.510. The van der Waals surface area contributed by atoms with E-state index in [1.54, 1.807) is 6.08 Å². The first-order valence-electron chi connectivity index (χ1n) is 3.83. The van der Waals surface area contributed by atoms with E-state index in [1.807, 2.05) is 13.0 Å². The fourth-order valence-corrected chi connectivity index (χ4v) is 0.445. The summed E-state index contributed by atoms with van der Waals surface area (Å²) in [6.45, 7) is 2.01. The molecule has 0 saturated heterocycles. The van der Waals surface area contributed by atoms with Crippen molar-refractivity contribution in [1.82, 2.24) is 0 Å². The van der Waals surface area contributed by atoms with Crippen LogP contribution in [0, 0.1) is 23.7 Å². The molecule has 66 valence electrons. The smallest absolute Gasteiger partial charge is 0.328 e. The van der Waals surface area contributed by atoms with Crippen molar-refractivity contribution < 1.29 is 9.90 Å². The Kier molecular flexibility index (Phi) is 6.96. The van der Waals surface area contributed by atoms with E-state index in [1.165, 1.54) is 6.08 Å². The number of carbonyl (C=O) groups is 1. The number of hydrogen-bond donors (Lipinski definition) is 1. The molecule has 0 saturated carbocycles. The van der Waals surface area contributed by atoms with Crippen molar-refractivity contribution in [2.75, 3.05) is 0 Å². The van der Waals surface area contributed by atoms with Gasteiger partial charge in [0.2, 0.25) is 0 Å². The second-order valence-corrected chi connectivity index (χ2v) is 2.02.